The molecule has 14 heavy (non-hydrogen) atoms. The second kappa shape index (κ2) is 9.79. The maximum absolute atomic E-state index is 10.2. The monoisotopic (exact) mass is 195 g/mol. The third-order valence-electron chi connectivity index (χ3n) is 1.89. The van der Waals surface area contributed by atoms with Crippen LogP contribution in [0.5, 0.6) is 0 Å². The Bertz CT molecular complexity index is 216. The Kier molecular flexibility index (Phi) is 8.88. The van der Waals surface area contributed by atoms with E-state index in [0.717, 1.165) is 38.5 Å². The van der Waals surface area contributed by atoms with Crippen molar-refractivity contribution >= 4 is 12.2 Å². The lowest BCUT2D eigenvalue weighted by molar-refractivity contribution is -0.137. The van der Waals surface area contributed by atoms with Gasteiger partial charge < -0.3 is 5.11 Å². The number of hydrogen-bond acceptors (Lipinski definition) is 2. The second-order valence-corrected chi connectivity index (χ2v) is 3.14. The molecule has 0 fully saturated rings. The molecule has 0 spiro atoms. The van der Waals surface area contributed by atoms with Gasteiger partial charge in [0.15, 0.2) is 0 Å². The average Bonchev–Trinajstić information content (AvgIpc) is 2.15. The van der Waals surface area contributed by atoms with Crippen LogP contribution in [0.3, 0.4) is 0 Å². The number of carboxylic acids is 1. The zero-order valence-corrected chi connectivity index (χ0v) is 8.41. The normalized spacial score (nSPS) is 10.2. The molecule has 0 bridgehead atoms. The molecule has 0 aliphatic carbocycles. The number of terminal acetylenes is 1. The molecule has 0 aromatic carbocycles. The summed E-state index contributed by atoms with van der Waals surface area (Å²) in [5.74, 6) is -0.703. The maximum atomic E-state index is 10.2. The molecule has 78 valence electrons. The summed E-state index contributed by atoms with van der Waals surface area (Å²) in [6, 6.07) is 2.20. The molecule has 0 aliphatic heterocycles. The number of hydrogen-bond donors (Lipinski definition) is 1. The third kappa shape index (κ3) is 10.7. The number of rotatable bonds is 8. The summed E-state index contributed by atoms with van der Waals surface area (Å²) in [5.41, 5.74) is 0. The van der Waals surface area contributed by atoms with E-state index in [1.54, 1.807) is 6.21 Å². The van der Waals surface area contributed by atoms with Crippen molar-refractivity contribution in [3.63, 3.8) is 0 Å². The second-order valence-electron chi connectivity index (χ2n) is 3.14. The molecule has 0 amide bonds. The first-order valence-electron chi connectivity index (χ1n) is 4.96. The van der Waals surface area contributed by atoms with Crippen molar-refractivity contribution in [1.82, 2.24) is 0 Å². The Labute approximate surface area is 85.2 Å². The Morgan fingerprint density at radius 2 is 1.93 bits per heavy atom. The van der Waals surface area contributed by atoms with Gasteiger partial charge in [-0.3, -0.25) is 4.79 Å². The van der Waals surface area contributed by atoms with Crippen molar-refractivity contribution in [3.05, 3.63) is 0 Å². The van der Waals surface area contributed by atoms with Crippen LogP contribution >= 0.6 is 0 Å². The summed E-state index contributed by atoms with van der Waals surface area (Å²) in [6.45, 7) is 0. The number of nitrogens with zero attached hydrogens (tertiary/aromatic N) is 1. The Morgan fingerprint density at radius 3 is 2.57 bits per heavy atom. The predicted octanol–water partition coefficient (Wildman–Crippen LogP) is 2.46. The van der Waals surface area contributed by atoms with Gasteiger partial charge in [0, 0.05) is 18.7 Å². The molecule has 0 unspecified atom stereocenters. The van der Waals surface area contributed by atoms with Crippen LogP contribution in [-0.2, 0) is 4.79 Å². The van der Waals surface area contributed by atoms with E-state index in [0.29, 0.717) is 6.42 Å². The van der Waals surface area contributed by atoms with Crippen molar-refractivity contribution in [2.75, 3.05) is 0 Å². The van der Waals surface area contributed by atoms with E-state index in [1.807, 2.05) is 0 Å². The summed E-state index contributed by atoms with van der Waals surface area (Å²) < 4.78 is 0. The van der Waals surface area contributed by atoms with E-state index in [9.17, 15) is 4.79 Å². The molecule has 0 aromatic rings. The highest BCUT2D eigenvalue weighted by Gasteiger charge is 1.95. The number of aliphatic imine (C=N–C) groups is 1. The van der Waals surface area contributed by atoms with Gasteiger partial charge in [0.25, 0.3) is 0 Å². The van der Waals surface area contributed by atoms with Gasteiger partial charge in [-0.2, -0.15) is 0 Å². The number of unbranched alkanes of at least 4 members (excludes halogenated alkanes) is 5. The summed E-state index contributed by atoms with van der Waals surface area (Å²) in [6.07, 6.45) is 13.0. The molecule has 0 aromatic heterocycles. The standard InChI is InChI=1S/C11H17NO2/c1-2-12-10-8-6-4-3-5-7-9-11(13)14/h1,10H,3-9H2,(H,13,14)/b12-10+. The minimum absolute atomic E-state index is 0.290. The van der Waals surface area contributed by atoms with Gasteiger partial charge >= 0.3 is 5.97 Å². The van der Waals surface area contributed by atoms with Crippen LogP contribution in [0.25, 0.3) is 0 Å². The summed E-state index contributed by atoms with van der Waals surface area (Å²) in [4.78, 5) is 13.8. The van der Waals surface area contributed by atoms with Gasteiger partial charge in [-0.15, -0.1) is 0 Å². The first kappa shape index (κ1) is 12.7. The Balaban J connectivity index is 3.03. The zero-order chi connectivity index (χ0) is 10.6. The topological polar surface area (TPSA) is 49.7 Å². The minimum Gasteiger partial charge on any atom is -0.481 e. The summed E-state index contributed by atoms with van der Waals surface area (Å²) >= 11 is 0. The lowest BCUT2D eigenvalue weighted by Crippen LogP contribution is -1.93. The van der Waals surface area contributed by atoms with Crippen LogP contribution in [0.15, 0.2) is 4.99 Å². The SMILES string of the molecule is C#C/N=C/CCCCCCCC(=O)O. The highest BCUT2D eigenvalue weighted by molar-refractivity contribution is 5.66. The van der Waals surface area contributed by atoms with Crippen LogP contribution in [0.2, 0.25) is 0 Å². The predicted molar refractivity (Wildman–Crippen MR) is 57.3 cm³/mol. The number of aliphatic carboxylic acids is 1. The zero-order valence-electron chi connectivity index (χ0n) is 8.41. The highest BCUT2D eigenvalue weighted by Crippen LogP contribution is 2.06. The van der Waals surface area contributed by atoms with Crippen molar-refractivity contribution in [3.8, 4) is 12.5 Å². The van der Waals surface area contributed by atoms with E-state index in [4.69, 9.17) is 11.5 Å². The molecule has 0 rings (SSSR count). The van der Waals surface area contributed by atoms with Crippen molar-refractivity contribution in [2.45, 2.75) is 44.9 Å². The van der Waals surface area contributed by atoms with Crippen molar-refractivity contribution < 1.29 is 9.90 Å². The molecule has 1 N–H and O–H groups in total. The van der Waals surface area contributed by atoms with Crippen molar-refractivity contribution in [1.29, 1.82) is 0 Å². The smallest absolute Gasteiger partial charge is 0.303 e. The Hall–Kier alpha value is -1.30. The molecular weight excluding hydrogens is 178 g/mol. The van der Waals surface area contributed by atoms with E-state index in [1.165, 1.54) is 0 Å². The van der Waals surface area contributed by atoms with Crippen LogP contribution in [0, 0.1) is 12.5 Å². The van der Waals surface area contributed by atoms with Gasteiger partial charge in [0.2, 0.25) is 0 Å². The molecule has 0 radical (unpaired) electrons. The van der Waals surface area contributed by atoms with E-state index in [-0.39, 0.29) is 0 Å². The number of carbonyl (C=O) groups is 1. The first-order chi connectivity index (χ1) is 6.77. The van der Waals surface area contributed by atoms with E-state index >= 15 is 0 Å². The third-order valence-corrected chi connectivity index (χ3v) is 1.89. The van der Waals surface area contributed by atoms with Gasteiger partial charge in [-0.25, -0.2) is 4.99 Å². The maximum Gasteiger partial charge on any atom is 0.303 e. The van der Waals surface area contributed by atoms with Crippen molar-refractivity contribution in [2.24, 2.45) is 4.99 Å². The fourth-order valence-electron chi connectivity index (χ4n) is 1.16. The van der Waals surface area contributed by atoms with Crippen LogP contribution in [-0.4, -0.2) is 17.3 Å². The Morgan fingerprint density at radius 1 is 1.29 bits per heavy atom. The molecule has 0 saturated carbocycles. The van der Waals surface area contributed by atoms with Crippen LogP contribution in [0.4, 0.5) is 0 Å². The largest absolute Gasteiger partial charge is 0.481 e. The van der Waals surface area contributed by atoms with Gasteiger partial charge in [-0.1, -0.05) is 25.7 Å². The molecule has 0 aliphatic rings. The van der Waals surface area contributed by atoms with E-state index < -0.39 is 5.97 Å². The van der Waals surface area contributed by atoms with Gasteiger partial charge in [0.1, 0.15) is 0 Å². The first-order valence-corrected chi connectivity index (χ1v) is 4.96. The highest BCUT2D eigenvalue weighted by atomic mass is 16.4. The van der Waals surface area contributed by atoms with Crippen LogP contribution < -0.4 is 0 Å². The minimum atomic E-state index is -0.703. The van der Waals surface area contributed by atoms with Gasteiger partial charge in [-0.05, 0) is 19.3 Å². The lowest BCUT2D eigenvalue weighted by atomic mass is 10.1. The molecule has 3 nitrogen and oxygen atoms in total. The average molecular weight is 195 g/mol. The lowest BCUT2D eigenvalue weighted by Gasteiger charge is -1.97. The molecule has 0 heterocycles. The summed E-state index contributed by atoms with van der Waals surface area (Å²) in [5, 5.41) is 8.38. The van der Waals surface area contributed by atoms with Crippen LogP contribution in [0.1, 0.15) is 44.9 Å². The summed E-state index contributed by atoms with van der Waals surface area (Å²) in [7, 11) is 0. The molecule has 0 saturated heterocycles. The van der Waals surface area contributed by atoms with E-state index in [2.05, 4.69) is 11.0 Å². The fraction of sp³-hybridized carbons (Fsp3) is 0.636. The molecule has 0 atom stereocenters. The quantitative estimate of drug-likeness (QED) is 0.367. The molecular formula is C11H17NO2. The fourth-order valence-corrected chi connectivity index (χ4v) is 1.16. The van der Waals surface area contributed by atoms with Gasteiger partial charge in [0.05, 0.1) is 0 Å². The number of carboxylic acid groups (broad SMARTS) is 1. The molecule has 3 heteroatoms.